The summed E-state index contributed by atoms with van der Waals surface area (Å²) >= 11 is 0. The first-order valence-corrected chi connectivity index (χ1v) is 7.95. The van der Waals surface area contributed by atoms with Crippen LogP contribution >= 0.6 is 0 Å². The number of hydrogen-bond donors (Lipinski definition) is 1. The quantitative estimate of drug-likeness (QED) is 0.860. The van der Waals surface area contributed by atoms with E-state index in [9.17, 15) is 0 Å². The molecule has 0 radical (unpaired) electrons. The summed E-state index contributed by atoms with van der Waals surface area (Å²) in [5.41, 5.74) is 1.83. The van der Waals surface area contributed by atoms with Crippen LogP contribution in [0.2, 0.25) is 0 Å². The molecular weight excluding hydrogens is 246 g/mol. The third-order valence-electron chi connectivity index (χ3n) is 4.47. The maximum absolute atomic E-state index is 5.56. The van der Waals surface area contributed by atoms with Crippen molar-refractivity contribution in [2.24, 2.45) is 11.3 Å². The lowest BCUT2D eigenvalue weighted by Gasteiger charge is -2.39. The Morgan fingerprint density at radius 3 is 2.85 bits per heavy atom. The molecule has 0 bridgehead atoms. The molecule has 2 nitrogen and oxygen atoms in total. The standard InChI is InChI=1S/C18H29NO/c1-5-20-16-8-6-7-15(11-16)13-19-17-9-10-18(3,4)12-14(17)2/h6-8,11,14,17,19H,5,9-10,12-13H2,1-4H3. The van der Waals surface area contributed by atoms with E-state index in [0.717, 1.165) is 24.8 Å². The molecule has 1 saturated carbocycles. The van der Waals surface area contributed by atoms with Gasteiger partial charge in [0.05, 0.1) is 6.61 Å². The molecule has 1 fully saturated rings. The Kier molecular flexibility index (Phi) is 5.09. The first-order valence-electron chi connectivity index (χ1n) is 7.95. The van der Waals surface area contributed by atoms with Gasteiger partial charge >= 0.3 is 0 Å². The molecule has 0 spiro atoms. The van der Waals surface area contributed by atoms with Crippen LogP contribution in [0.1, 0.15) is 52.5 Å². The monoisotopic (exact) mass is 275 g/mol. The maximum atomic E-state index is 5.56. The summed E-state index contributed by atoms with van der Waals surface area (Å²) in [4.78, 5) is 0. The highest BCUT2D eigenvalue weighted by atomic mass is 16.5. The highest BCUT2D eigenvalue weighted by molar-refractivity contribution is 5.28. The van der Waals surface area contributed by atoms with Crippen molar-refractivity contribution < 1.29 is 4.74 Å². The van der Waals surface area contributed by atoms with Crippen molar-refractivity contribution in [3.8, 4) is 5.75 Å². The second kappa shape index (κ2) is 6.62. The zero-order valence-electron chi connectivity index (χ0n) is 13.4. The second-order valence-corrected chi connectivity index (χ2v) is 6.95. The fourth-order valence-corrected chi connectivity index (χ4v) is 3.41. The average molecular weight is 275 g/mol. The van der Waals surface area contributed by atoms with Gasteiger partial charge in [-0.3, -0.25) is 0 Å². The number of nitrogens with one attached hydrogen (secondary N) is 1. The number of benzene rings is 1. The van der Waals surface area contributed by atoms with Crippen molar-refractivity contribution in [1.29, 1.82) is 0 Å². The van der Waals surface area contributed by atoms with E-state index in [0.29, 0.717) is 11.5 Å². The zero-order chi connectivity index (χ0) is 14.6. The van der Waals surface area contributed by atoms with E-state index >= 15 is 0 Å². The summed E-state index contributed by atoms with van der Waals surface area (Å²) in [6, 6.07) is 9.08. The van der Waals surface area contributed by atoms with E-state index in [1.165, 1.54) is 24.8 Å². The van der Waals surface area contributed by atoms with Crippen LogP contribution in [0.5, 0.6) is 5.75 Å². The first kappa shape index (κ1) is 15.4. The van der Waals surface area contributed by atoms with Gasteiger partial charge in [-0.15, -0.1) is 0 Å². The normalized spacial score (nSPS) is 25.4. The molecule has 2 atom stereocenters. The van der Waals surface area contributed by atoms with E-state index < -0.39 is 0 Å². The van der Waals surface area contributed by atoms with Crippen LogP contribution in [0.25, 0.3) is 0 Å². The van der Waals surface area contributed by atoms with Gasteiger partial charge in [-0.25, -0.2) is 0 Å². The van der Waals surface area contributed by atoms with Crippen molar-refractivity contribution in [3.05, 3.63) is 29.8 Å². The lowest BCUT2D eigenvalue weighted by Crippen LogP contribution is -2.41. The molecule has 0 aliphatic heterocycles. The van der Waals surface area contributed by atoms with E-state index in [1.54, 1.807) is 0 Å². The summed E-state index contributed by atoms with van der Waals surface area (Å²) in [5, 5.41) is 3.74. The number of ether oxygens (including phenoxy) is 1. The Bertz CT molecular complexity index is 427. The van der Waals surface area contributed by atoms with Gasteiger partial charge < -0.3 is 10.1 Å². The van der Waals surface area contributed by atoms with Crippen LogP contribution in [0.15, 0.2) is 24.3 Å². The lowest BCUT2D eigenvalue weighted by atomic mass is 9.70. The molecule has 1 aliphatic carbocycles. The van der Waals surface area contributed by atoms with Crippen LogP contribution in [-0.2, 0) is 6.54 Å². The van der Waals surface area contributed by atoms with E-state index in [-0.39, 0.29) is 0 Å². The van der Waals surface area contributed by atoms with Gasteiger partial charge in [0.2, 0.25) is 0 Å². The molecule has 0 amide bonds. The summed E-state index contributed by atoms with van der Waals surface area (Å²) in [6.45, 7) is 10.9. The molecule has 1 aromatic rings. The van der Waals surface area contributed by atoms with Gasteiger partial charge in [0.15, 0.2) is 0 Å². The van der Waals surface area contributed by atoms with Gasteiger partial charge in [-0.05, 0) is 55.2 Å². The molecule has 1 aromatic carbocycles. The van der Waals surface area contributed by atoms with Crippen LogP contribution in [0.4, 0.5) is 0 Å². The third kappa shape index (κ3) is 4.24. The Labute approximate surface area is 123 Å². The van der Waals surface area contributed by atoms with Crippen LogP contribution in [-0.4, -0.2) is 12.6 Å². The van der Waals surface area contributed by atoms with Gasteiger partial charge in [0.25, 0.3) is 0 Å². The van der Waals surface area contributed by atoms with Crippen molar-refractivity contribution in [2.45, 2.75) is 59.5 Å². The molecule has 0 heterocycles. The molecule has 20 heavy (non-hydrogen) atoms. The SMILES string of the molecule is CCOc1cccc(CNC2CCC(C)(C)CC2C)c1. The minimum Gasteiger partial charge on any atom is -0.494 e. The third-order valence-corrected chi connectivity index (χ3v) is 4.47. The smallest absolute Gasteiger partial charge is 0.119 e. The molecule has 0 saturated heterocycles. The highest BCUT2D eigenvalue weighted by Gasteiger charge is 2.31. The summed E-state index contributed by atoms with van der Waals surface area (Å²) in [6.07, 6.45) is 3.94. The molecule has 2 heteroatoms. The first-order chi connectivity index (χ1) is 9.50. The Hall–Kier alpha value is -1.02. The van der Waals surface area contributed by atoms with Gasteiger partial charge in [-0.1, -0.05) is 32.9 Å². The predicted octanol–water partition coefficient (Wildman–Crippen LogP) is 4.39. The molecule has 1 N–H and O–H groups in total. The van der Waals surface area contributed by atoms with Crippen molar-refractivity contribution in [1.82, 2.24) is 5.32 Å². The highest BCUT2D eigenvalue weighted by Crippen LogP contribution is 2.38. The molecule has 2 unspecified atom stereocenters. The van der Waals surface area contributed by atoms with Crippen molar-refractivity contribution in [3.63, 3.8) is 0 Å². The number of rotatable bonds is 5. The Balaban J connectivity index is 1.87. The van der Waals surface area contributed by atoms with Crippen LogP contribution < -0.4 is 10.1 Å². The summed E-state index contributed by atoms with van der Waals surface area (Å²) in [5.74, 6) is 1.73. The fourth-order valence-electron chi connectivity index (χ4n) is 3.41. The van der Waals surface area contributed by atoms with E-state index in [1.807, 2.05) is 13.0 Å². The number of hydrogen-bond acceptors (Lipinski definition) is 2. The zero-order valence-corrected chi connectivity index (χ0v) is 13.4. The largest absolute Gasteiger partial charge is 0.494 e. The van der Waals surface area contributed by atoms with E-state index in [4.69, 9.17) is 4.74 Å². The fraction of sp³-hybridized carbons (Fsp3) is 0.667. The molecule has 112 valence electrons. The predicted molar refractivity (Wildman–Crippen MR) is 85.0 cm³/mol. The molecule has 2 rings (SSSR count). The van der Waals surface area contributed by atoms with Crippen molar-refractivity contribution >= 4 is 0 Å². The van der Waals surface area contributed by atoms with Crippen LogP contribution in [0, 0.1) is 11.3 Å². The van der Waals surface area contributed by atoms with Crippen molar-refractivity contribution in [2.75, 3.05) is 6.61 Å². The topological polar surface area (TPSA) is 21.3 Å². The lowest BCUT2D eigenvalue weighted by molar-refractivity contribution is 0.148. The van der Waals surface area contributed by atoms with Crippen LogP contribution in [0.3, 0.4) is 0 Å². The maximum Gasteiger partial charge on any atom is 0.119 e. The molecule has 0 aromatic heterocycles. The summed E-state index contributed by atoms with van der Waals surface area (Å²) < 4.78 is 5.56. The van der Waals surface area contributed by atoms with Gasteiger partial charge in [0, 0.05) is 12.6 Å². The molecular formula is C18H29NO. The average Bonchev–Trinajstić information content (AvgIpc) is 2.38. The van der Waals surface area contributed by atoms with Gasteiger partial charge in [0.1, 0.15) is 5.75 Å². The summed E-state index contributed by atoms with van der Waals surface area (Å²) in [7, 11) is 0. The minimum atomic E-state index is 0.520. The second-order valence-electron chi connectivity index (χ2n) is 6.95. The molecule has 1 aliphatic rings. The Morgan fingerprint density at radius 2 is 2.15 bits per heavy atom. The van der Waals surface area contributed by atoms with E-state index in [2.05, 4.69) is 44.3 Å². The Morgan fingerprint density at radius 1 is 1.35 bits per heavy atom. The minimum absolute atomic E-state index is 0.520. The van der Waals surface area contributed by atoms with Gasteiger partial charge in [-0.2, -0.15) is 0 Å².